The molecule has 4 rings (SSSR count). The van der Waals surface area contributed by atoms with Crippen LogP contribution in [-0.4, -0.2) is 54.8 Å². The van der Waals surface area contributed by atoms with Gasteiger partial charge in [-0.3, -0.25) is 4.90 Å². The standard InChI is InChI=1S/C21H23BrClN5O3S3/c1-11(2)28(12-3-4-15-17(7-12)33-21(32)27-15)20(29)26-16-5-6-24-10-18(16)34(30,31)13-8-14(22)19(23)25-9-13/h3-4,7-9,11,16,18,24H,5-6,10H2,1-2H3,(H,26,29)(H,27,32). The van der Waals surface area contributed by atoms with Crippen molar-refractivity contribution >= 4 is 82.9 Å². The molecular weight excluding hydrogens is 582 g/mol. The van der Waals surface area contributed by atoms with Crippen molar-refractivity contribution in [2.75, 3.05) is 18.0 Å². The molecule has 1 saturated heterocycles. The highest BCUT2D eigenvalue weighted by molar-refractivity contribution is 9.10. The van der Waals surface area contributed by atoms with Crippen LogP contribution >= 0.6 is 51.1 Å². The van der Waals surface area contributed by atoms with Gasteiger partial charge in [-0.25, -0.2) is 18.2 Å². The number of aromatic nitrogens is 2. The number of amides is 2. The Balaban J connectivity index is 1.61. The van der Waals surface area contributed by atoms with Crippen molar-refractivity contribution in [1.29, 1.82) is 0 Å². The summed E-state index contributed by atoms with van der Waals surface area (Å²) in [5, 5.41) is 5.45. The summed E-state index contributed by atoms with van der Waals surface area (Å²) in [7, 11) is -3.79. The third kappa shape index (κ3) is 5.17. The van der Waals surface area contributed by atoms with Crippen LogP contribution in [0.15, 0.2) is 39.8 Å². The molecule has 182 valence electrons. The van der Waals surface area contributed by atoms with E-state index in [1.165, 1.54) is 23.6 Å². The number of hydrogen-bond acceptors (Lipinski definition) is 7. The summed E-state index contributed by atoms with van der Waals surface area (Å²) < 4.78 is 28.9. The number of hydrogen-bond donors (Lipinski definition) is 3. The molecule has 0 spiro atoms. The van der Waals surface area contributed by atoms with E-state index in [9.17, 15) is 13.2 Å². The van der Waals surface area contributed by atoms with E-state index in [0.717, 1.165) is 10.2 Å². The second-order valence-electron chi connectivity index (χ2n) is 8.23. The summed E-state index contributed by atoms with van der Waals surface area (Å²) in [5.41, 5.74) is 1.62. The molecule has 1 aliphatic rings. The number of pyridine rings is 1. The van der Waals surface area contributed by atoms with Gasteiger partial charge in [-0.05, 0) is 79.2 Å². The van der Waals surface area contributed by atoms with Gasteiger partial charge in [0.25, 0.3) is 0 Å². The second-order valence-corrected chi connectivity index (χ2v) is 13.3. The fraction of sp³-hybridized carbons (Fsp3) is 0.381. The number of thiazole rings is 1. The highest BCUT2D eigenvalue weighted by Gasteiger charge is 2.39. The Bertz CT molecular complexity index is 1390. The fourth-order valence-corrected chi connectivity index (χ4v) is 7.57. The number of anilines is 1. The molecule has 2 unspecified atom stereocenters. The highest BCUT2D eigenvalue weighted by Crippen LogP contribution is 2.29. The molecule has 0 aliphatic carbocycles. The van der Waals surface area contributed by atoms with E-state index in [1.807, 2.05) is 32.0 Å². The first-order chi connectivity index (χ1) is 16.1. The molecular formula is C21H23BrClN5O3S3. The van der Waals surface area contributed by atoms with Crippen LogP contribution in [0.5, 0.6) is 0 Å². The van der Waals surface area contributed by atoms with E-state index in [2.05, 4.69) is 36.5 Å². The van der Waals surface area contributed by atoms with Crippen LogP contribution < -0.4 is 15.5 Å². The maximum absolute atomic E-state index is 13.4. The zero-order valence-corrected chi connectivity index (χ0v) is 23.1. The monoisotopic (exact) mass is 603 g/mol. The first-order valence-corrected chi connectivity index (χ1v) is 14.5. The number of nitrogens with one attached hydrogen (secondary N) is 3. The second kappa shape index (κ2) is 10.2. The molecule has 3 N–H and O–H groups in total. The van der Waals surface area contributed by atoms with Gasteiger partial charge in [0.15, 0.2) is 13.8 Å². The lowest BCUT2D eigenvalue weighted by atomic mass is 10.1. The van der Waals surface area contributed by atoms with Crippen molar-refractivity contribution in [1.82, 2.24) is 20.6 Å². The third-order valence-corrected chi connectivity index (χ3v) is 10.2. The highest BCUT2D eigenvalue weighted by atomic mass is 79.9. The predicted octanol–water partition coefficient (Wildman–Crippen LogP) is 4.90. The Morgan fingerprint density at radius 3 is 2.85 bits per heavy atom. The normalized spacial score (nSPS) is 18.9. The van der Waals surface area contributed by atoms with E-state index >= 15 is 0 Å². The minimum absolute atomic E-state index is 0.0524. The lowest BCUT2D eigenvalue weighted by Gasteiger charge is -2.35. The summed E-state index contributed by atoms with van der Waals surface area (Å²) in [6, 6.07) is 6.02. The van der Waals surface area contributed by atoms with E-state index in [1.54, 1.807) is 4.90 Å². The van der Waals surface area contributed by atoms with Gasteiger partial charge in [-0.1, -0.05) is 11.6 Å². The number of benzene rings is 1. The smallest absolute Gasteiger partial charge is 0.322 e. The first-order valence-electron chi connectivity index (χ1n) is 10.6. The number of nitrogens with zero attached hydrogens (tertiary/aromatic N) is 2. The minimum Gasteiger partial charge on any atom is -0.337 e. The number of aromatic amines is 1. The van der Waals surface area contributed by atoms with Crippen LogP contribution in [-0.2, 0) is 9.84 Å². The first kappa shape index (κ1) is 25.5. The summed E-state index contributed by atoms with van der Waals surface area (Å²) in [4.78, 5) is 22.2. The zero-order chi connectivity index (χ0) is 24.6. The van der Waals surface area contributed by atoms with Crippen LogP contribution in [0.1, 0.15) is 20.3 Å². The number of urea groups is 1. The van der Waals surface area contributed by atoms with Gasteiger partial charge in [0, 0.05) is 24.5 Å². The van der Waals surface area contributed by atoms with E-state index in [0.29, 0.717) is 27.1 Å². The third-order valence-electron chi connectivity index (χ3n) is 5.65. The van der Waals surface area contributed by atoms with Crippen LogP contribution in [0.3, 0.4) is 0 Å². The maximum atomic E-state index is 13.4. The molecule has 34 heavy (non-hydrogen) atoms. The zero-order valence-electron chi connectivity index (χ0n) is 18.3. The summed E-state index contributed by atoms with van der Waals surface area (Å²) in [6.45, 7) is 4.64. The van der Waals surface area contributed by atoms with Gasteiger partial charge in [-0.15, -0.1) is 11.3 Å². The van der Waals surface area contributed by atoms with E-state index in [4.69, 9.17) is 23.8 Å². The van der Waals surface area contributed by atoms with Crippen LogP contribution in [0.25, 0.3) is 10.2 Å². The molecule has 1 aromatic carbocycles. The van der Waals surface area contributed by atoms with Crippen LogP contribution in [0.4, 0.5) is 10.5 Å². The Morgan fingerprint density at radius 2 is 2.15 bits per heavy atom. The number of sulfone groups is 1. The number of carbonyl (C=O) groups is 1. The van der Waals surface area contributed by atoms with E-state index < -0.39 is 21.1 Å². The lowest BCUT2D eigenvalue weighted by molar-refractivity contribution is 0.238. The van der Waals surface area contributed by atoms with Gasteiger partial charge in [0.2, 0.25) is 0 Å². The maximum Gasteiger partial charge on any atom is 0.322 e. The molecule has 8 nitrogen and oxygen atoms in total. The Kier molecular flexibility index (Phi) is 7.65. The molecule has 2 atom stereocenters. The summed E-state index contributed by atoms with van der Waals surface area (Å²) >= 11 is 15.8. The largest absolute Gasteiger partial charge is 0.337 e. The Hall–Kier alpha value is -1.57. The van der Waals surface area contributed by atoms with Crippen LogP contribution in [0, 0.1) is 3.95 Å². The average Bonchev–Trinajstić information content (AvgIpc) is 3.15. The summed E-state index contributed by atoms with van der Waals surface area (Å²) in [5.74, 6) is 0. The summed E-state index contributed by atoms with van der Waals surface area (Å²) in [6.07, 6.45) is 1.72. The van der Waals surface area contributed by atoms with E-state index in [-0.39, 0.29) is 28.7 Å². The predicted molar refractivity (Wildman–Crippen MR) is 142 cm³/mol. The Labute approximate surface area is 220 Å². The topological polar surface area (TPSA) is 107 Å². The van der Waals surface area contributed by atoms with Gasteiger partial charge < -0.3 is 15.6 Å². The molecule has 2 aromatic heterocycles. The number of fused-ring (bicyclic) bond motifs is 1. The molecule has 0 bridgehead atoms. The van der Waals surface area contributed by atoms with Gasteiger partial charge >= 0.3 is 6.03 Å². The van der Waals surface area contributed by atoms with Crippen molar-refractivity contribution in [3.8, 4) is 0 Å². The molecule has 3 aromatic rings. The number of rotatable bonds is 5. The van der Waals surface area contributed by atoms with Gasteiger partial charge in [-0.2, -0.15) is 0 Å². The average molecular weight is 605 g/mol. The minimum atomic E-state index is -3.79. The van der Waals surface area contributed by atoms with Crippen LogP contribution in [0.2, 0.25) is 5.15 Å². The molecule has 1 aliphatic heterocycles. The number of piperidine rings is 1. The van der Waals surface area contributed by atoms with Crippen molar-refractivity contribution < 1.29 is 13.2 Å². The molecule has 13 heteroatoms. The molecule has 3 heterocycles. The van der Waals surface area contributed by atoms with Crippen molar-refractivity contribution in [2.45, 2.75) is 42.5 Å². The lowest BCUT2D eigenvalue weighted by Crippen LogP contribution is -2.58. The number of carbonyl (C=O) groups excluding carboxylic acids is 1. The molecule has 2 amide bonds. The Morgan fingerprint density at radius 1 is 1.38 bits per heavy atom. The van der Waals surface area contributed by atoms with Crippen molar-refractivity contribution in [2.24, 2.45) is 0 Å². The van der Waals surface area contributed by atoms with Gasteiger partial charge in [0.05, 0.1) is 30.9 Å². The SMILES string of the molecule is CC(C)N(C(=O)NC1CCNCC1S(=O)(=O)c1cnc(Cl)c(Br)c1)c1ccc2[nH]c(=S)sc2c1. The van der Waals surface area contributed by atoms with Gasteiger partial charge in [0.1, 0.15) is 5.15 Å². The number of H-pyrrole nitrogens is 1. The number of halogens is 2. The molecule has 1 fully saturated rings. The fourth-order valence-electron chi connectivity index (χ4n) is 4.02. The molecule has 0 saturated carbocycles. The van der Waals surface area contributed by atoms with Crippen molar-refractivity contribution in [3.05, 3.63) is 44.0 Å². The molecule has 0 radical (unpaired) electrons. The quantitative estimate of drug-likeness (QED) is 0.283. The van der Waals surface area contributed by atoms with Crippen molar-refractivity contribution in [3.63, 3.8) is 0 Å².